The zero-order valence-electron chi connectivity index (χ0n) is 17.6. The van der Waals surface area contributed by atoms with E-state index in [2.05, 4.69) is 21.8 Å². The number of rotatable bonds is 7. The molecule has 31 heavy (non-hydrogen) atoms. The Hall–Kier alpha value is -2.90. The van der Waals surface area contributed by atoms with E-state index in [-0.39, 0.29) is 5.91 Å². The lowest BCUT2D eigenvalue weighted by Crippen LogP contribution is -2.48. The minimum atomic E-state index is 0.0636. The fraction of sp³-hybridized carbons (Fsp3) is 0.292. The number of benzene rings is 2. The average Bonchev–Trinajstić information content (AvgIpc) is 2.82. The Kier molecular flexibility index (Phi) is 7.17. The van der Waals surface area contributed by atoms with Crippen molar-refractivity contribution in [2.45, 2.75) is 23.3 Å². The molecule has 1 amide bonds. The number of carbonyl (C=O) groups excluding carboxylic acids is 1. The number of carbonyl (C=O) groups is 1. The van der Waals surface area contributed by atoms with Crippen LogP contribution in [0.3, 0.4) is 0 Å². The molecule has 0 spiro atoms. The molecule has 0 saturated carbocycles. The van der Waals surface area contributed by atoms with Gasteiger partial charge in [-0.1, -0.05) is 49.0 Å². The van der Waals surface area contributed by atoms with Crippen LogP contribution in [-0.4, -0.2) is 58.4 Å². The Morgan fingerprint density at radius 2 is 1.68 bits per heavy atom. The molecule has 4 rings (SSSR count). The molecule has 0 unspecified atom stereocenters. The van der Waals surface area contributed by atoms with Crippen LogP contribution in [-0.2, 0) is 0 Å². The molecule has 3 aromatic rings. The van der Waals surface area contributed by atoms with E-state index in [4.69, 9.17) is 4.74 Å². The molecule has 0 aliphatic carbocycles. The van der Waals surface area contributed by atoms with E-state index in [1.807, 2.05) is 59.5 Å². The van der Waals surface area contributed by atoms with Crippen molar-refractivity contribution in [3.05, 3.63) is 72.6 Å². The van der Waals surface area contributed by atoms with Gasteiger partial charge in [-0.05, 0) is 37.2 Å². The van der Waals surface area contributed by atoms with Crippen LogP contribution in [0.25, 0.3) is 0 Å². The normalized spacial score (nSPS) is 14.4. The predicted molar refractivity (Wildman–Crippen MR) is 122 cm³/mol. The van der Waals surface area contributed by atoms with Crippen LogP contribution in [0, 0.1) is 0 Å². The van der Waals surface area contributed by atoms with E-state index in [9.17, 15) is 4.79 Å². The number of piperazine rings is 1. The van der Waals surface area contributed by atoms with Crippen molar-refractivity contribution in [2.75, 3.05) is 32.7 Å². The molecule has 1 aliphatic rings. The monoisotopic (exact) mass is 434 g/mol. The van der Waals surface area contributed by atoms with Crippen LogP contribution in [0.15, 0.2) is 76.9 Å². The van der Waals surface area contributed by atoms with Crippen molar-refractivity contribution in [2.24, 2.45) is 0 Å². The third-order valence-electron chi connectivity index (χ3n) is 5.11. The predicted octanol–water partition coefficient (Wildman–Crippen LogP) is 4.59. The Bertz CT molecular complexity index is 1010. The summed E-state index contributed by atoms with van der Waals surface area (Å²) in [4.78, 5) is 27.3. The molecule has 1 fully saturated rings. The molecular formula is C24H26N4O2S. The second-order valence-corrected chi connectivity index (χ2v) is 8.34. The summed E-state index contributed by atoms with van der Waals surface area (Å²) in [5.41, 5.74) is 0.688. The van der Waals surface area contributed by atoms with Crippen molar-refractivity contribution >= 4 is 17.7 Å². The van der Waals surface area contributed by atoms with Crippen molar-refractivity contribution < 1.29 is 9.53 Å². The minimum Gasteiger partial charge on any atom is -0.437 e. The topological polar surface area (TPSA) is 58.6 Å². The quantitative estimate of drug-likeness (QED) is 0.542. The van der Waals surface area contributed by atoms with Crippen LogP contribution in [0.4, 0.5) is 0 Å². The first-order chi connectivity index (χ1) is 15.2. The average molecular weight is 435 g/mol. The van der Waals surface area contributed by atoms with Gasteiger partial charge in [0, 0.05) is 43.5 Å². The number of amides is 1. The Morgan fingerprint density at radius 3 is 2.45 bits per heavy atom. The fourth-order valence-corrected chi connectivity index (χ4v) is 4.47. The molecule has 2 aromatic carbocycles. The molecular weight excluding hydrogens is 408 g/mol. The summed E-state index contributed by atoms with van der Waals surface area (Å²) in [5.74, 6) is 1.18. The highest BCUT2D eigenvalue weighted by Crippen LogP contribution is 2.36. The van der Waals surface area contributed by atoms with Gasteiger partial charge in [-0.3, -0.25) is 9.69 Å². The molecule has 0 N–H and O–H groups in total. The first-order valence-corrected chi connectivity index (χ1v) is 11.4. The standard InChI is InChI=1S/C24H26N4O2S/c1-2-14-27-15-17-28(18-16-27)24(29)20-10-6-7-11-21(20)31-23-22(25-12-13-26-23)30-19-8-4-3-5-9-19/h3-13H,2,14-18H2,1H3. The molecule has 0 radical (unpaired) electrons. The summed E-state index contributed by atoms with van der Waals surface area (Å²) in [6.07, 6.45) is 4.38. The van der Waals surface area contributed by atoms with Crippen molar-refractivity contribution in [1.29, 1.82) is 0 Å². The van der Waals surface area contributed by atoms with Gasteiger partial charge in [0.2, 0.25) is 0 Å². The van der Waals surface area contributed by atoms with Gasteiger partial charge in [-0.2, -0.15) is 0 Å². The van der Waals surface area contributed by atoms with Crippen LogP contribution in [0.1, 0.15) is 23.7 Å². The maximum atomic E-state index is 13.3. The highest BCUT2D eigenvalue weighted by atomic mass is 32.2. The van der Waals surface area contributed by atoms with E-state index in [0.717, 1.165) is 44.0 Å². The zero-order valence-corrected chi connectivity index (χ0v) is 18.4. The lowest BCUT2D eigenvalue weighted by atomic mass is 10.2. The van der Waals surface area contributed by atoms with Gasteiger partial charge in [0.05, 0.1) is 5.56 Å². The lowest BCUT2D eigenvalue weighted by molar-refractivity contribution is 0.0634. The third kappa shape index (κ3) is 5.42. The van der Waals surface area contributed by atoms with Crippen LogP contribution >= 0.6 is 11.8 Å². The summed E-state index contributed by atoms with van der Waals surface area (Å²) >= 11 is 1.40. The number of ether oxygens (including phenoxy) is 1. The number of hydrogen-bond acceptors (Lipinski definition) is 6. The Morgan fingerprint density at radius 1 is 0.968 bits per heavy atom. The second-order valence-electron chi connectivity index (χ2n) is 7.31. The molecule has 0 atom stereocenters. The minimum absolute atomic E-state index is 0.0636. The smallest absolute Gasteiger partial charge is 0.255 e. The molecule has 1 aliphatic heterocycles. The number of aromatic nitrogens is 2. The molecule has 1 aromatic heterocycles. The molecule has 0 bridgehead atoms. The van der Waals surface area contributed by atoms with Crippen molar-refractivity contribution in [1.82, 2.24) is 19.8 Å². The number of hydrogen-bond donors (Lipinski definition) is 0. The maximum Gasteiger partial charge on any atom is 0.255 e. The van der Waals surface area contributed by atoms with Crippen LogP contribution in [0.2, 0.25) is 0 Å². The fourth-order valence-electron chi connectivity index (χ4n) is 3.55. The summed E-state index contributed by atoms with van der Waals surface area (Å²) < 4.78 is 5.94. The van der Waals surface area contributed by atoms with E-state index in [1.54, 1.807) is 12.4 Å². The highest BCUT2D eigenvalue weighted by Gasteiger charge is 2.24. The van der Waals surface area contributed by atoms with Crippen molar-refractivity contribution in [3.8, 4) is 11.6 Å². The first kappa shape index (κ1) is 21.3. The molecule has 1 saturated heterocycles. The first-order valence-electron chi connectivity index (χ1n) is 10.6. The number of nitrogens with zero attached hydrogens (tertiary/aromatic N) is 4. The largest absolute Gasteiger partial charge is 0.437 e. The molecule has 7 heteroatoms. The summed E-state index contributed by atoms with van der Waals surface area (Å²) in [6, 6.07) is 17.2. The van der Waals surface area contributed by atoms with Gasteiger partial charge in [0.15, 0.2) is 5.03 Å². The maximum absolute atomic E-state index is 13.3. The summed E-state index contributed by atoms with van der Waals surface area (Å²) in [5, 5.41) is 0.624. The Labute approximate surface area is 187 Å². The molecule has 6 nitrogen and oxygen atoms in total. The summed E-state index contributed by atoms with van der Waals surface area (Å²) in [6.45, 7) is 6.64. The van der Waals surface area contributed by atoms with E-state index >= 15 is 0 Å². The van der Waals surface area contributed by atoms with Gasteiger partial charge >= 0.3 is 0 Å². The van der Waals surface area contributed by atoms with Gasteiger partial charge in [-0.25, -0.2) is 9.97 Å². The number of para-hydroxylation sites is 1. The van der Waals surface area contributed by atoms with Gasteiger partial charge < -0.3 is 9.64 Å². The SMILES string of the molecule is CCCN1CCN(C(=O)c2ccccc2Sc2nccnc2Oc2ccccc2)CC1. The molecule has 160 valence electrons. The van der Waals surface area contributed by atoms with E-state index in [1.165, 1.54) is 11.8 Å². The van der Waals surface area contributed by atoms with Crippen LogP contribution in [0.5, 0.6) is 11.6 Å². The highest BCUT2D eigenvalue weighted by molar-refractivity contribution is 7.99. The zero-order chi connectivity index (χ0) is 21.5. The van der Waals surface area contributed by atoms with Crippen LogP contribution < -0.4 is 4.74 Å². The third-order valence-corrected chi connectivity index (χ3v) is 6.16. The Balaban J connectivity index is 1.52. The van der Waals surface area contributed by atoms with Gasteiger partial charge in [0.1, 0.15) is 5.75 Å². The van der Waals surface area contributed by atoms with Gasteiger partial charge in [-0.15, -0.1) is 0 Å². The van der Waals surface area contributed by atoms with Crippen molar-refractivity contribution in [3.63, 3.8) is 0 Å². The second kappa shape index (κ2) is 10.4. The molecule has 2 heterocycles. The van der Waals surface area contributed by atoms with E-state index < -0.39 is 0 Å². The van der Waals surface area contributed by atoms with Gasteiger partial charge in [0.25, 0.3) is 11.8 Å². The summed E-state index contributed by atoms with van der Waals surface area (Å²) in [7, 11) is 0. The van der Waals surface area contributed by atoms with E-state index in [0.29, 0.717) is 22.2 Å². The lowest BCUT2D eigenvalue weighted by Gasteiger charge is -2.34.